The number of benzene rings is 1. The van der Waals surface area contributed by atoms with Crippen LogP contribution in [0.4, 0.5) is 11.5 Å². The third kappa shape index (κ3) is 3.81. The Bertz CT molecular complexity index is 1390. The second-order valence-corrected chi connectivity index (χ2v) is 9.03. The van der Waals surface area contributed by atoms with Crippen molar-refractivity contribution in [1.82, 2.24) is 29.4 Å². The number of hydrogen-bond donors (Lipinski definition) is 1. The van der Waals surface area contributed by atoms with E-state index < -0.39 is 0 Å². The maximum Gasteiger partial charge on any atom is 0.247 e. The van der Waals surface area contributed by atoms with E-state index in [0.717, 1.165) is 47.7 Å². The predicted octanol–water partition coefficient (Wildman–Crippen LogP) is 4.04. The van der Waals surface area contributed by atoms with Gasteiger partial charge in [0.1, 0.15) is 6.04 Å². The number of para-hydroxylation sites is 1. The van der Waals surface area contributed by atoms with Gasteiger partial charge in [0, 0.05) is 42.3 Å². The standard InChI is InChI=1S/C24H22N8OS/c33-23(26-18-7-2-1-6-17(18)19-16-30-14-15-34-24(30)27-19)20-8-3-4-12-31(20)21-9-10-22(29-28-21)32-13-5-11-25-32/h1-2,5-7,9-11,13-16,20H,3-4,8,12H2,(H,26,33). The molecule has 4 aromatic heterocycles. The van der Waals surface area contributed by atoms with E-state index in [1.807, 2.05) is 75.7 Å². The number of nitrogens with one attached hydrogen (secondary N) is 1. The Morgan fingerprint density at radius 3 is 2.74 bits per heavy atom. The Balaban J connectivity index is 1.25. The SMILES string of the molecule is O=C(Nc1ccccc1-c1cn2ccsc2n1)C1CCCCN1c1ccc(-n2cccn2)nn1. The molecule has 1 amide bonds. The van der Waals surface area contributed by atoms with Crippen molar-refractivity contribution in [3.8, 4) is 17.1 Å². The number of anilines is 2. The maximum absolute atomic E-state index is 13.5. The number of carbonyl (C=O) groups excluding carboxylic acids is 1. The zero-order chi connectivity index (χ0) is 22.9. The topological polar surface area (TPSA) is 93.2 Å². The number of nitrogens with zero attached hydrogens (tertiary/aromatic N) is 7. The van der Waals surface area contributed by atoms with Gasteiger partial charge in [0.25, 0.3) is 0 Å². The highest BCUT2D eigenvalue weighted by molar-refractivity contribution is 7.15. The summed E-state index contributed by atoms with van der Waals surface area (Å²) in [6.07, 6.45) is 10.3. The van der Waals surface area contributed by atoms with Crippen molar-refractivity contribution in [3.63, 3.8) is 0 Å². The molecule has 10 heteroatoms. The van der Waals surface area contributed by atoms with Crippen LogP contribution < -0.4 is 10.2 Å². The smallest absolute Gasteiger partial charge is 0.247 e. The van der Waals surface area contributed by atoms with Crippen LogP contribution in [0.25, 0.3) is 22.0 Å². The minimum absolute atomic E-state index is 0.0499. The summed E-state index contributed by atoms with van der Waals surface area (Å²) < 4.78 is 3.65. The summed E-state index contributed by atoms with van der Waals surface area (Å²) in [6.45, 7) is 0.757. The molecule has 0 radical (unpaired) electrons. The zero-order valence-electron chi connectivity index (χ0n) is 18.3. The molecule has 0 bridgehead atoms. The lowest BCUT2D eigenvalue weighted by molar-refractivity contribution is -0.117. The molecular formula is C24H22N8OS. The molecule has 1 atom stereocenters. The van der Waals surface area contributed by atoms with Gasteiger partial charge in [0.05, 0.1) is 11.4 Å². The minimum atomic E-state index is -0.322. The summed E-state index contributed by atoms with van der Waals surface area (Å²) >= 11 is 1.58. The fourth-order valence-corrected chi connectivity index (χ4v) is 5.07. The molecule has 1 saturated heterocycles. The lowest BCUT2D eigenvalue weighted by Gasteiger charge is -2.35. The van der Waals surface area contributed by atoms with Crippen LogP contribution in [0.2, 0.25) is 0 Å². The number of carbonyl (C=O) groups is 1. The van der Waals surface area contributed by atoms with Crippen molar-refractivity contribution >= 4 is 33.7 Å². The largest absolute Gasteiger partial charge is 0.343 e. The number of imidazole rings is 1. The molecule has 9 nitrogen and oxygen atoms in total. The lowest BCUT2D eigenvalue weighted by Crippen LogP contribution is -2.47. The number of aromatic nitrogens is 6. The molecule has 6 rings (SSSR count). The molecular weight excluding hydrogens is 448 g/mol. The van der Waals surface area contributed by atoms with Gasteiger partial charge in [-0.1, -0.05) is 18.2 Å². The summed E-state index contributed by atoms with van der Waals surface area (Å²) in [7, 11) is 0. The number of hydrogen-bond acceptors (Lipinski definition) is 7. The number of piperidine rings is 1. The summed E-state index contributed by atoms with van der Waals surface area (Å²) in [4.78, 5) is 21.2. The predicted molar refractivity (Wildman–Crippen MR) is 131 cm³/mol. The first kappa shape index (κ1) is 20.5. The molecule has 0 saturated carbocycles. The molecule has 5 heterocycles. The van der Waals surface area contributed by atoms with Gasteiger partial charge >= 0.3 is 0 Å². The van der Waals surface area contributed by atoms with Crippen LogP contribution in [0.1, 0.15) is 19.3 Å². The number of fused-ring (bicyclic) bond motifs is 1. The van der Waals surface area contributed by atoms with Crippen LogP contribution in [0, 0.1) is 0 Å². The molecule has 1 N–H and O–H groups in total. The molecule has 1 aromatic carbocycles. The van der Waals surface area contributed by atoms with Crippen molar-refractivity contribution in [2.24, 2.45) is 0 Å². The fourth-order valence-electron chi connectivity index (χ4n) is 4.36. The van der Waals surface area contributed by atoms with E-state index in [1.54, 1.807) is 22.2 Å². The second-order valence-electron chi connectivity index (χ2n) is 8.16. The summed E-state index contributed by atoms with van der Waals surface area (Å²) in [5.74, 6) is 1.28. The molecule has 170 valence electrons. The fraction of sp³-hybridized carbons (Fsp3) is 0.208. The molecule has 0 aliphatic carbocycles. The normalized spacial score (nSPS) is 16.1. The molecule has 1 aliphatic rings. The third-order valence-electron chi connectivity index (χ3n) is 6.03. The molecule has 1 unspecified atom stereocenters. The van der Waals surface area contributed by atoms with Gasteiger partial charge < -0.3 is 10.2 Å². The van der Waals surface area contributed by atoms with Crippen LogP contribution in [-0.4, -0.2) is 47.9 Å². The van der Waals surface area contributed by atoms with Crippen molar-refractivity contribution in [1.29, 1.82) is 0 Å². The third-order valence-corrected chi connectivity index (χ3v) is 6.80. The Kier molecular flexibility index (Phi) is 5.27. The zero-order valence-corrected chi connectivity index (χ0v) is 19.1. The minimum Gasteiger partial charge on any atom is -0.343 e. The average molecular weight is 471 g/mol. The molecule has 0 spiro atoms. The van der Waals surface area contributed by atoms with Crippen LogP contribution in [0.15, 0.2) is 72.6 Å². The molecule has 1 fully saturated rings. The van der Waals surface area contributed by atoms with Gasteiger partial charge in [-0.2, -0.15) is 5.10 Å². The number of thiazole rings is 1. The highest BCUT2D eigenvalue weighted by atomic mass is 32.1. The Morgan fingerprint density at radius 2 is 1.91 bits per heavy atom. The first-order valence-electron chi connectivity index (χ1n) is 11.2. The van der Waals surface area contributed by atoms with E-state index in [2.05, 4.69) is 20.6 Å². The van der Waals surface area contributed by atoms with E-state index >= 15 is 0 Å². The summed E-state index contributed by atoms with van der Waals surface area (Å²) in [5, 5.41) is 18.1. The lowest BCUT2D eigenvalue weighted by atomic mass is 10.0. The average Bonchev–Trinajstić information content (AvgIpc) is 3.63. The Morgan fingerprint density at radius 1 is 1.03 bits per heavy atom. The maximum atomic E-state index is 13.5. The number of amides is 1. The summed E-state index contributed by atoms with van der Waals surface area (Å²) in [6, 6.07) is 13.1. The van der Waals surface area contributed by atoms with Gasteiger partial charge in [-0.3, -0.25) is 9.20 Å². The van der Waals surface area contributed by atoms with Crippen LogP contribution in [0.5, 0.6) is 0 Å². The van der Waals surface area contributed by atoms with Crippen molar-refractivity contribution in [2.45, 2.75) is 25.3 Å². The van der Waals surface area contributed by atoms with Gasteiger partial charge in [0.15, 0.2) is 16.6 Å². The van der Waals surface area contributed by atoms with Gasteiger partial charge in [-0.25, -0.2) is 9.67 Å². The first-order valence-corrected chi connectivity index (χ1v) is 12.1. The van der Waals surface area contributed by atoms with E-state index in [9.17, 15) is 4.79 Å². The van der Waals surface area contributed by atoms with Gasteiger partial charge in [-0.15, -0.1) is 21.5 Å². The van der Waals surface area contributed by atoms with Crippen molar-refractivity contribution in [2.75, 3.05) is 16.8 Å². The Labute approximate surface area is 199 Å². The van der Waals surface area contributed by atoms with Gasteiger partial charge in [0.2, 0.25) is 5.91 Å². The van der Waals surface area contributed by atoms with Crippen molar-refractivity contribution in [3.05, 3.63) is 72.6 Å². The van der Waals surface area contributed by atoms with Crippen LogP contribution in [-0.2, 0) is 4.79 Å². The van der Waals surface area contributed by atoms with Crippen LogP contribution in [0.3, 0.4) is 0 Å². The second kappa shape index (κ2) is 8.71. The first-order chi connectivity index (χ1) is 16.8. The molecule has 5 aromatic rings. The molecule has 1 aliphatic heterocycles. The molecule has 34 heavy (non-hydrogen) atoms. The van der Waals surface area contributed by atoms with E-state index in [0.29, 0.717) is 11.6 Å². The highest BCUT2D eigenvalue weighted by Crippen LogP contribution is 2.30. The van der Waals surface area contributed by atoms with Crippen molar-refractivity contribution < 1.29 is 4.79 Å². The quantitative estimate of drug-likeness (QED) is 0.417. The van der Waals surface area contributed by atoms with Gasteiger partial charge in [-0.05, 0) is 43.5 Å². The summed E-state index contributed by atoms with van der Waals surface area (Å²) in [5.41, 5.74) is 2.49. The highest BCUT2D eigenvalue weighted by Gasteiger charge is 2.30. The van der Waals surface area contributed by atoms with E-state index in [4.69, 9.17) is 4.98 Å². The Hall–Kier alpha value is -4.05. The monoisotopic (exact) mass is 470 g/mol. The van der Waals surface area contributed by atoms with E-state index in [1.165, 1.54) is 0 Å². The van der Waals surface area contributed by atoms with Crippen LogP contribution >= 0.6 is 11.3 Å². The number of rotatable bonds is 5. The van der Waals surface area contributed by atoms with E-state index in [-0.39, 0.29) is 11.9 Å².